The maximum atomic E-state index is 12.0. The van der Waals surface area contributed by atoms with E-state index in [1.807, 2.05) is 36.4 Å². The number of benzene rings is 2. The Morgan fingerprint density at radius 1 is 1.07 bits per heavy atom. The Hall–Kier alpha value is -3.79. The van der Waals surface area contributed by atoms with Gasteiger partial charge in [-0.25, -0.2) is 4.79 Å². The number of nitrogens with one attached hydrogen (secondary N) is 2. The summed E-state index contributed by atoms with van der Waals surface area (Å²) in [5.41, 5.74) is 4.52. The molecule has 0 bridgehead atoms. The summed E-state index contributed by atoms with van der Waals surface area (Å²) in [4.78, 5) is 34.1. The average Bonchev–Trinajstić information content (AvgIpc) is 3.03. The molecule has 0 aliphatic heterocycles. The van der Waals surface area contributed by atoms with Crippen LogP contribution in [0.3, 0.4) is 0 Å². The van der Waals surface area contributed by atoms with Gasteiger partial charge in [-0.05, 0) is 35.1 Å². The summed E-state index contributed by atoms with van der Waals surface area (Å²) in [6, 6.07) is 15.0. The molecule has 0 saturated heterocycles. The molecule has 0 heterocycles. The smallest absolute Gasteiger partial charge is 0.407 e. The van der Waals surface area contributed by atoms with E-state index in [0.717, 1.165) is 22.3 Å². The van der Waals surface area contributed by atoms with Gasteiger partial charge >= 0.3 is 12.1 Å². The van der Waals surface area contributed by atoms with Crippen molar-refractivity contribution < 1.29 is 24.2 Å². The van der Waals surface area contributed by atoms with E-state index in [0.29, 0.717) is 0 Å². The van der Waals surface area contributed by atoms with E-state index in [1.165, 1.54) is 6.92 Å². The van der Waals surface area contributed by atoms with Crippen molar-refractivity contribution in [2.45, 2.75) is 18.9 Å². The highest BCUT2D eigenvalue weighted by Crippen LogP contribution is 2.44. The molecular formula is C22H20N2O5. The van der Waals surface area contributed by atoms with Gasteiger partial charge in [0.05, 0.1) is 6.54 Å². The molecule has 29 heavy (non-hydrogen) atoms. The lowest BCUT2D eigenvalue weighted by Crippen LogP contribution is -2.37. The molecule has 2 aromatic carbocycles. The molecule has 1 aliphatic carbocycles. The van der Waals surface area contributed by atoms with Crippen LogP contribution >= 0.6 is 0 Å². The van der Waals surface area contributed by atoms with E-state index in [-0.39, 0.29) is 19.1 Å². The van der Waals surface area contributed by atoms with Gasteiger partial charge in [-0.3, -0.25) is 9.59 Å². The number of carbonyl (C=O) groups is 3. The number of ether oxygens (including phenoxy) is 1. The van der Waals surface area contributed by atoms with Crippen molar-refractivity contribution in [2.24, 2.45) is 0 Å². The van der Waals surface area contributed by atoms with Crippen LogP contribution < -0.4 is 10.6 Å². The third kappa shape index (κ3) is 4.74. The quantitative estimate of drug-likeness (QED) is 0.676. The number of rotatable bonds is 5. The molecule has 0 saturated carbocycles. The summed E-state index contributed by atoms with van der Waals surface area (Å²) in [5, 5.41) is 13.4. The zero-order valence-electron chi connectivity index (χ0n) is 15.8. The molecule has 2 aromatic rings. The van der Waals surface area contributed by atoms with Crippen LogP contribution in [0.25, 0.3) is 11.1 Å². The number of carbonyl (C=O) groups excluding carboxylic acids is 2. The molecule has 0 spiro atoms. The monoisotopic (exact) mass is 392 g/mol. The number of hydrogen-bond acceptors (Lipinski definition) is 4. The number of aliphatic carboxylic acids is 1. The van der Waals surface area contributed by atoms with Crippen LogP contribution in [0.1, 0.15) is 24.0 Å². The molecule has 1 aliphatic rings. The van der Waals surface area contributed by atoms with Crippen molar-refractivity contribution in [3.05, 3.63) is 59.7 Å². The maximum absolute atomic E-state index is 12.0. The number of carboxylic acids is 1. The van der Waals surface area contributed by atoms with Crippen molar-refractivity contribution >= 4 is 18.0 Å². The van der Waals surface area contributed by atoms with E-state index < -0.39 is 24.0 Å². The Labute approximate surface area is 168 Å². The van der Waals surface area contributed by atoms with Gasteiger partial charge in [0.2, 0.25) is 0 Å². The molecule has 7 heteroatoms. The minimum atomic E-state index is -1.16. The fraction of sp³-hybridized carbons (Fsp3) is 0.227. The Kier molecular flexibility index (Phi) is 6.15. The standard InChI is InChI=1S/C22H20N2O5/c1-14(21(26)27)24-20(25)11-6-12-23-22(28)29-13-19-17-9-4-2-7-15(17)16-8-3-5-10-18(16)19/h2-5,7-10,14,19H,12-13H2,1H3,(H,23,28)(H,24,25)(H,26,27). The van der Waals surface area contributed by atoms with E-state index in [4.69, 9.17) is 9.84 Å². The highest BCUT2D eigenvalue weighted by molar-refractivity contribution is 5.96. The predicted molar refractivity (Wildman–Crippen MR) is 106 cm³/mol. The maximum Gasteiger partial charge on any atom is 0.407 e. The molecule has 0 aromatic heterocycles. The normalized spacial score (nSPS) is 12.6. The van der Waals surface area contributed by atoms with Crippen molar-refractivity contribution in [3.8, 4) is 23.0 Å². The summed E-state index contributed by atoms with van der Waals surface area (Å²) >= 11 is 0. The van der Waals surface area contributed by atoms with Crippen LogP contribution in [0.15, 0.2) is 48.5 Å². The van der Waals surface area contributed by atoms with Crippen LogP contribution in [0, 0.1) is 11.8 Å². The van der Waals surface area contributed by atoms with Gasteiger partial charge in [-0.1, -0.05) is 54.5 Å². The van der Waals surface area contributed by atoms with Gasteiger partial charge < -0.3 is 20.5 Å². The first-order valence-electron chi connectivity index (χ1n) is 9.08. The van der Waals surface area contributed by atoms with Crippen molar-refractivity contribution in [1.29, 1.82) is 0 Å². The van der Waals surface area contributed by atoms with Gasteiger partial charge in [0.15, 0.2) is 0 Å². The Balaban J connectivity index is 1.51. The van der Waals surface area contributed by atoms with Gasteiger partial charge in [0.1, 0.15) is 12.6 Å². The second kappa shape index (κ2) is 8.93. The lowest BCUT2D eigenvalue weighted by Gasteiger charge is -2.14. The van der Waals surface area contributed by atoms with Gasteiger partial charge in [-0.2, -0.15) is 0 Å². The predicted octanol–water partition coefficient (Wildman–Crippen LogP) is 2.12. The minimum absolute atomic E-state index is 0.0393. The molecule has 0 radical (unpaired) electrons. The minimum Gasteiger partial charge on any atom is -0.480 e. The highest BCUT2D eigenvalue weighted by atomic mass is 16.5. The van der Waals surface area contributed by atoms with Gasteiger partial charge in [0.25, 0.3) is 5.91 Å². The van der Waals surface area contributed by atoms with Crippen LogP contribution in [0.2, 0.25) is 0 Å². The largest absolute Gasteiger partial charge is 0.480 e. The summed E-state index contributed by atoms with van der Waals surface area (Å²) in [7, 11) is 0. The fourth-order valence-electron chi connectivity index (χ4n) is 3.18. The summed E-state index contributed by atoms with van der Waals surface area (Å²) in [6.07, 6.45) is -0.638. The summed E-state index contributed by atoms with van der Waals surface area (Å²) in [5.74, 6) is 2.74. The third-order valence-corrected chi connectivity index (χ3v) is 4.58. The molecule has 1 unspecified atom stereocenters. The van der Waals surface area contributed by atoms with Gasteiger partial charge in [-0.15, -0.1) is 0 Å². The first-order chi connectivity index (χ1) is 14.0. The Bertz CT molecular complexity index is 960. The molecule has 2 amide bonds. The van der Waals surface area contributed by atoms with Gasteiger partial charge in [0, 0.05) is 5.92 Å². The van der Waals surface area contributed by atoms with E-state index in [1.54, 1.807) is 0 Å². The fourth-order valence-corrected chi connectivity index (χ4v) is 3.18. The lowest BCUT2D eigenvalue weighted by atomic mass is 9.98. The van der Waals surface area contributed by atoms with Crippen molar-refractivity contribution in [2.75, 3.05) is 13.2 Å². The molecule has 3 N–H and O–H groups in total. The lowest BCUT2D eigenvalue weighted by molar-refractivity contribution is -0.140. The van der Waals surface area contributed by atoms with E-state index in [2.05, 4.69) is 34.6 Å². The topological polar surface area (TPSA) is 105 Å². The van der Waals surface area contributed by atoms with E-state index >= 15 is 0 Å². The van der Waals surface area contributed by atoms with Crippen molar-refractivity contribution in [1.82, 2.24) is 10.6 Å². The Morgan fingerprint density at radius 2 is 1.66 bits per heavy atom. The molecular weight excluding hydrogens is 372 g/mol. The number of alkyl carbamates (subject to hydrolysis) is 1. The first-order valence-corrected chi connectivity index (χ1v) is 9.08. The van der Waals surface area contributed by atoms with Crippen molar-refractivity contribution in [3.63, 3.8) is 0 Å². The number of carboxylic acid groups (broad SMARTS) is 1. The second-order valence-electron chi connectivity index (χ2n) is 6.51. The molecule has 0 fully saturated rings. The zero-order valence-corrected chi connectivity index (χ0v) is 15.8. The third-order valence-electron chi connectivity index (χ3n) is 4.58. The zero-order chi connectivity index (χ0) is 20.8. The molecule has 7 nitrogen and oxygen atoms in total. The van der Waals surface area contributed by atoms with E-state index in [9.17, 15) is 14.4 Å². The van der Waals surface area contributed by atoms with Crippen LogP contribution in [-0.4, -0.2) is 42.3 Å². The summed E-state index contributed by atoms with van der Waals surface area (Å²) in [6.45, 7) is 1.42. The number of fused-ring (bicyclic) bond motifs is 3. The van der Waals surface area contributed by atoms with Crippen LogP contribution in [-0.2, 0) is 14.3 Å². The number of hydrogen-bond donors (Lipinski definition) is 3. The first kappa shape index (κ1) is 20.0. The summed E-state index contributed by atoms with van der Waals surface area (Å²) < 4.78 is 5.35. The SMILES string of the molecule is CC(NC(=O)C#CCNC(=O)OCC1c2ccccc2-c2ccccc21)C(=O)O. The molecule has 3 rings (SSSR count). The Morgan fingerprint density at radius 3 is 2.24 bits per heavy atom. The second-order valence-corrected chi connectivity index (χ2v) is 6.51. The van der Waals surface area contributed by atoms with Crippen LogP contribution in [0.4, 0.5) is 4.79 Å². The average molecular weight is 392 g/mol. The molecule has 1 atom stereocenters. The molecule has 148 valence electrons. The highest BCUT2D eigenvalue weighted by Gasteiger charge is 2.28. The number of amides is 2. The van der Waals surface area contributed by atoms with Crippen LogP contribution in [0.5, 0.6) is 0 Å².